The highest BCUT2D eigenvalue weighted by atomic mass is 16.6. The average Bonchev–Trinajstić information content (AvgIpc) is 2.35. The van der Waals surface area contributed by atoms with Crippen LogP contribution in [-0.2, 0) is 14.9 Å². The zero-order chi connectivity index (χ0) is 16.5. The maximum absolute atomic E-state index is 11.8. The Morgan fingerprint density at radius 2 is 2.05 bits per heavy atom. The number of nitrogens with one attached hydrogen (secondary N) is 1. The number of Topliss-reactive ketones (excluding diaryl/α,β-unsaturated/α-hetero) is 1. The summed E-state index contributed by atoms with van der Waals surface area (Å²) in [5, 5.41) is 21.6. The van der Waals surface area contributed by atoms with Crippen LogP contribution in [0.25, 0.3) is 0 Å². The Balaban J connectivity index is 2.23. The van der Waals surface area contributed by atoms with Crippen molar-refractivity contribution in [3.8, 4) is 11.8 Å². The molecule has 116 valence electrons. The lowest BCUT2D eigenvalue weighted by Gasteiger charge is -2.34. The largest absolute Gasteiger partial charge is 0.506 e. The lowest BCUT2D eigenvalue weighted by Crippen LogP contribution is -2.40. The molecule has 1 aromatic carbocycles. The zero-order valence-corrected chi connectivity index (χ0v) is 12.8. The van der Waals surface area contributed by atoms with Crippen LogP contribution in [0.5, 0.6) is 5.75 Å². The van der Waals surface area contributed by atoms with Crippen LogP contribution in [0.4, 0.5) is 10.5 Å². The van der Waals surface area contributed by atoms with Crippen molar-refractivity contribution < 1.29 is 19.4 Å². The van der Waals surface area contributed by atoms with E-state index in [0.29, 0.717) is 5.56 Å². The fourth-order valence-electron chi connectivity index (χ4n) is 2.32. The number of rotatable bonds is 2. The fraction of sp³-hybridized carbons (Fsp3) is 0.438. The molecule has 22 heavy (non-hydrogen) atoms. The van der Waals surface area contributed by atoms with Crippen molar-refractivity contribution in [3.05, 3.63) is 23.8 Å². The van der Waals surface area contributed by atoms with Crippen molar-refractivity contribution >= 4 is 17.6 Å². The number of benzene rings is 1. The summed E-state index contributed by atoms with van der Waals surface area (Å²) >= 11 is 0. The van der Waals surface area contributed by atoms with Gasteiger partial charge in [-0.15, -0.1) is 0 Å². The first kappa shape index (κ1) is 15.8. The van der Waals surface area contributed by atoms with E-state index < -0.39 is 17.1 Å². The predicted molar refractivity (Wildman–Crippen MR) is 79.5 cm³/mol. The van der Waals surface area contributed by atoms with Gasteiger partial charge in [-0.1, -0.05) is 6.07 Å². The molecule has 0 unspecified atom stereocenters. The summed E-state index contributed by atoms with van der Waals surface area (Å²) < 4.78 is 5.13. The SMILES string of the molecule is CC(C)(C)OC(=O)Nc1cc(C2(C#N)CC(=O)C2)ccc1O. The van der Waals surface area contributed by atoms with Crippen LogP contribution in [0.2, 0.25) is 0 Å². The molecular formula is C16H18N2O4. The van der Waals surface area contributed by atoms with Gasteiger partial charge in [-0.25, -0.2) is 4.79 Å². The van der Waals surface area contributed by atoms with Crippen molar-refractivity contribution in [2.75, 3.05) is 5.32 Å². The summed E-state index contributed by atoms with van der Waals surface area (Å²) in [6.07, 6.45) is -0.393. The molecule has 1 aliphatic carbocycles. The zero-order valence-electron chi connectivity index (χ0n) is 12.8. The van der Waals surface area contributed by atoms with Gasteiger partial charge in [-0.05, 0) is 38.5 Å². The van der Waals surface area contributed by atoms with Crippen LogP contribution in [-0.4, -0.2) is 22.6 Å². The van der Waals surface area contributed by atoms with Crippen LogP contribution < -0.4 is 5.32 Å². The number of phenolic OH excluding ortho intramolecular Hbond substituents is 1. The van der Waals surface area contributed by atoms with Gasteiger partial charge in [-0.2, -0.15) is 5.26 Å². The number of amides is 1. The Kier molecular flexibility index (Phi) is 3.84. The minimum atomic E-state index is -0.866. The quantitative estimate of drug-likeness (QED) is 0.818. The molecule has 2 rings (SSSR count). The van der Waals surface area contributed by atoms with E-state index in [1.54, 1.807) is 26.8 Å². The summed E-state index contributed by atoms with van der Waals surface area (Å²) in [7, 11) is 0. The molecule has 6 heteroatoms. The first-order valence-electron chi connectivity index (χ1n) is 6.92. The molecule has 1 fully saturated rings. The Morgan fingerprint density at radius 3 is 2.55 bits per heavy atom. The van der Waals surface area contributed by atoms with E-state index in [9.17, 15) is 20.0 Å². The van der Waals surface area contributed by atoms with Crippen LogP contribution in [0.15, 0.2) is 18.2 Å². The Labute approximate surface area is 128 Å². The van der Waals surface area contributed by atoms with E-state index in [1.165, 1.54) is 12.1 Å². The second kappa shape index (κ2) is 5.34. The molecule has 0 bridgehead atoms. The topological polar surface area (TPSA) is 99.4 Å². The van der Waals surface area contributed by atoms with Gasteiger partial charge in [0.15, 0.2) is 0 Å². The molecule has 0 aliphatic heterocycles. The van der Waals surface area contributed by atoms with Crippen LogP contribution in [0, 0.1) is 11.3 Å². The van der Waals surface area contributed by atoms with Gasteiger partial charge in [0, 0.05) is 12.8 Å². The molecule has 0 atom stereocenters. The number of hydrogen-bond acceptors (Lipinski definition) is 5. The highest BCUT2D eigenvalue weighted by molar-refractivity contribution is 5.91. The van der Waals surface area contributed by atoms with Gasteiger partial charge in [0.25, 0.3) is 0 Å². The minimum Gasteiger partial charge on any atom is -0.506 e. The molecule has 6 nitrogen and oxygen atoms in total. The minimum absolute atomic E-state index is 0.0243. The highest BCUT2D eigenvalue weighted by Gasteiger charge is 2.45. The molecule has 0 aromatic heterocycles. The van der Waals surface area contributed by atoms with Crippen molar-refractivity contribution in [3.63, 3.8) is 0 Å². The Hall–Kier alpha value is -2.55. The molecule has 1 amide bonds. The third-order valence-electron chi connectivity index (χ3n) is 3.40. The third-order valence-corrected chi connectivity index (χ3v) is 3.40. The number of phenols is 1. The first-order valence-corrected chi connectivity index (χ1v) is 6.92. The van der Waals surface area contributed by atoms with Crippen molar-refractivity contribution in [1.29, 1.82) is 5.26 Å². The summed E-state index contributed by atoms with van der Waals surface area (Å²) in [6, 6.07) is 6.64. The van der Waals surface area contributed by atoms with Gasteiger partial charge in [0.05, 0.1) is 17.2 Å². The Morgan fingerprint density at radius 1 is 1.41 bits per heavy atom. The first-order chi connectivity index (χ1) is 10.1. The molecular weight excluding hydrogens is 284 g/mol. The van der Waals surface area contributed by atoms with Gasteiger partial charge in [0.1, 0.15) is 17.1 Å². The van der Waals surface area contributed by atoms with Gasteiger partial charge < -0.3 is 9.84 Å². The van der Waals surface area contributed by atoms with Crippen LogP contribution in [0.3, 0.4) is 0 Å². The number of ether oxygens (including phenoxy) is 1. The molecule has 0 heterocycles. The van der Waals surface area contributed by atoms with Crippen molar-refractivity contribution in [1.82, 2.24) is 0 Å². The van der Waals surface area contributed by atoms with Crippen LogP contribution >= 0.6 is 0 Å². The number of hydrogen-bond donors (Lipinski definition) is 2. The molecule has 0 saturated heterocycles. The molecule has 2 N–H and O–H groups in total. The van der Waals surface area contributed by atoms with Crippen LogP contribution in [0.1, 0.15) is 39.2 Å². The maximum Gasteiger partial charge on any atom is 0.412 e. The van der Waals surface area contributed by atoms with Gasteiger partial charge >= 0.3 is 6.09 Å². The molecule has 1 aromatic rings. The molecule has 1 aliphatic rings. The number of nitriles is 1. The van der Waals surface area contributed by atoms with E-state index in [2.05, 4.69) is 11.4 Å². The summed E-state index contributed by atoms with van der Waals surface area (Å²) in [5.41, 5.74) is -0.778. The number of anilines is 1. The normalized spacial score (nSPS) is 16.4. The van der Waals surface area contributed by atoms with Gasteiger partial charge in [0.2, 0.25) is 0 Å². The number of ketones is 1. The van der Waals surface area contributed by atoms with Crippen molar-refractivity contribution in [2.45, 2.75) is 44.6 Å². The Bertz CT molecular complexity index is 660. The molecule has 0 spiro atoms. The van der Waals surface area contributed by atoms with E-state index in [-0.39, 0.29) is 30.1 Å². The van der Waals surface area contributed by atoms with Gasteiger partial charge in [-0.3, -0.25) is 10.1 Å². The lowest BCUT2D eigenvalue weighted by molar-refractivity contribution is -0.126. The standard InChI is InChI=1S/C16H18N2O4/c1-15(2,3)22-14(21)18-12-6-10(4-5-13(12)20)16(9-17)7-11(19)8-16/h4-6,20H,7-8H2,1-3H3,(H,18,21). The second-order valence-corrected chi connectivity index (χ2v) is 6.44. The number of aromatic hydroxyl groups is 1. The highest BCUT2D eigenvalue weighted by Crippen LogP contribution is 2.42. The van der Waals surface area contributed by atoms with E-state index in [4.69, 9.17) is 4.74 Å². The maximum atomic E-state index is 11.8. The lowest BCUT2D eigenvalue weighted by atomic mass is 9.64. The smallest absolute Gasteiger partial charge is 0.412 e. The number of carbonyl (C=O) groups is 2. The molecule has 1 saturated carbocycles. The number of nitrogens with zero attached hydrogens (tertiary/aromatic N) is 1. The molecule has 0 radical (unpaired) electrons. The summed E-state index contributed by atoms with van der Waals surface area (Å²) in [5.74, 6) is -0.107. The third kappa shape index (κ3) is 3.19. The number of carbonyl (C=O) groups excluding carboxylic acids is 2. The van der Waals surface area contributed by atoms with E-state index >= 15 is 0 Å². The summed E-state index contributed by atoms with van der Waals surface area (Å²) in [4.78, 5) is 23.0. The summed E-state index contributed by atoms with van der Waals surface area (Å²) in [6.45, 7) is 5.19. The van der Waals surface area contributed by atoms with Crippen molar-refractivity contribution in [2.24, 2.45) is 0 Å². The average molecular weight is 302 g/mol. The monoisotopic (exact) mass is 302 g/mol. The second-order valence-electron chi connectivity index (χ2n) is 6.44. The fourth-order valence-corrected chi connectivity index (χ4v) is 2.32. The van der Waals surface area contributed by atoms with E-state index in [0.717, 1.165) is 0 Å². The van der Waals surface area contributed by atoms with E-state index in [1.807, 2.05) is 0 Å². The predicted octanol–water partition coefficient (Wildman–Crippen LogP) is 2.86.